The fraction of sp³-hybridized carbons (Fsp3) is 0.302. The third-order valence-electron chi connectivity index (χ3n) is 19.8. The van der Waals surface area contributed by atoms with Gasteiger partial charge in [-0.05, 0) is 247 Å². The van der Waals surface area contributed by atoms with Crippen molar-refractivity contribution in [1.82, 2.24) is 4.98 Å². The molecule has 620 valence electrons. The lowest BCUT2D eigenvalue weighted by Crippen LogP contribution is -2.41. The molecule has 1 N–H and O–H groups in total. The van der Waals surface area contributed by atoms with Crippen LogP contribution in [0.1, 0.15) is 122 Å². The highest BCUT2D eigenvalue weighted by molar-refractivity contribution is 9.11. The summed E-state index contributed by atoms with van der Waals surface area (Å²) in [4.78, 5) is 14.7. The zero-order chi connectivity index (χ0) is 86.4. The van der Waals surface area contributed by atoms with E-state index >= 15 is 0 Å². The number of hydrogen-bond donors (Lipinski definition) is 1. The van der Waals surface area contributed by atoms with Crippen LogP contribution in [-0.4, -0.2) is 77.9 Å². The minimum atomic E-state index is -4.67. The van der Waals surface area contributed by atoms with E-state index in [2.05, 4.69) is 85.6 Å². The molecule has 13 rings (SSSR count). The summed E-state index contributed by atoms with van der Waals surface area (Å²) in [7, 11) is -0.0827. The number of methoxy groups -OCH3 is 1. The quantitative estimate of drug-likeness (QED) is 0.0481. The van der Waals surface area contributed by atoms with E-state index in [0.29, 0.717) is 6.07 Å². The molecule has 0 saturated carbocycles. The van der Waals surface area contributed by atoms with Crippen molar-refractivity contribution < 1.29 is 105 Å². The SMILES string of the molecule is BrCc1ccc(Br)cc1.CC1(C)OB(B2OC(C)(C)C(C)(C)O2)OC1(C)C.CC1(C)OB(c2ccc(COc3ccc(-c4ccccc4F)c(C(F)(F)F)c3)cc2)OC1(C)C.COC(=O)Cc1cncc(Br)c1.Fc1ccccc1-c1ccc(OCc2ccc(Br)cc2)cc1C(F)(F)F.Oc1ccc(-c2ccccc2F)c(C(F)(F)F)c1. The molecule has 0 spiro atoms. The summed E-state index contributed by atoms with van der Waals surface area (Å²) in [6.07, 6.45) is -10.4. The number of pyridine rings is 1. The summed E-state index contributed by atoms with van der Waals surface area (Å²) in [5, 5.41) is 10.1. The van der Waals surface area contributed by atoms with Gasteiger partial charge in [-0.15, -0.1) is 0 Å². The number of alkyl halides is 10. The second-order valence-corrected chi connectivity index (χ2v) is 33.2. The summed E-state index contributed by atoms with van der Waals surface area (Å²) in [5.41, 5.74) is -1.81. The second-order valence-electron chi connectivity index (χ2n) is 29.9. The van der Waals surface area contributed by atoms with E-state index < -0.39 is 90.8 Å². The Balaban J connectivity index is 0.000000184. The van der Waals surface area contributed by atoms with Gasteiger partial charge in [0.05, 0.1) is 63.8 Å². The summed E-state index contributed by atoms with van der Waals surface area (Å²) in [6.45, 7) is 24.3. The number of esters is 1. The predicted molar refractivity (Wildman–Crippen MR) is 444 cm³/mol. The highest BCUT2D eigenvalue weighted by atomic mass is 79.9. The van der Waals surface area contributed by atoms with Crippen LogP contribution >= 0.6 is 63.7 Å². The third-order valence-corrected chi connectivity index (χ3v) is 21.9. The van der Waals surface area contributed by atoms with Gasteiger partial charge in [-0.1, -0.05) is 151 Å². The van der Waals surface area contributed by atoms with Crippen molar-refractivity contribution in [3.63, 3.8) is 0 Å². The zero-order valence-electron chi connectivity index (χ0n) is 65.9. The first-order valence-electron chi connectivity index (χ1n) is 36.2. The minimum absolute atomic E-state index is 0.0439. The number of ether oxygens (including phenoxy) is 3. The van der Waals surface area contributed by atoms with Crippen LogP contribution in [0.5, 0.6) is 17.2 Å². The largest absolute Gasteiger partial charge is 0.508 e. The topological polar surface area (TPSA) is 133 Å². The van der Waals surface area contributed by atoms with E-state index in [0.717, 1.165) is 83.4 Å². The predicted octanol–water partition coefficient (Wildman–Crippen LogP) is 24.6. The van der Waals surface area contributed by atoms with Gasteiger partial charge in [0.2, 0.25) is 0 Å². The standard InChI is InChI=1S/C26H25BF4O3.C20H13BrF4O.C13H8F4O.C12H24B2O4.C8H8BrNO2.C7H6Br2/c1-24(2)25(3,4)34-27(33-24)18-11-9-17(10-12-18)16-32-19-13-14-20(22(15-19)26(29,30)31)21-7-5-6-8-23(21)28;21-14-7-5-13(6-8-14)12-26-15-9-10-16(18(11-15)20(23,24)25)17-3-1-2-4-19(17)22;14-12-4-2-1-3-10(12)9-6-5-8(18)7-11(9)13(15,16)17;1-9(2)10(3,4)16-13(15-9)14-17-11(5,6)12(7,8)18-14;1-12-8(11)3-6-2-7(9)5-10-4-6;8-5-6-1-3-7(9)4-2-6/h5-15H,16H2,1-4H3;1-11H,12H2;1-7,18H;1-8H3;2,4-5H,3H2,1H3;1-4H,5H2. The van der Waals surface area contributed by atoms with Gasteiger partial charge in [0.25, 0.3) is 0 Å². The zero-order valence-corrected chi connectivity index (χ0v) is 72.2. The van der Waals surface area contributed by atoms with Crippen LogP contribution in [0.3, 0.4) is 0 Å². The highest BCUT2D eigenvalue weighted by Crippen LogP contribution is 2.46. The van der Waals surface area contributed by atoms with E-state index in [1.54, 1.807) is 12.4 Å². The normalized spacial score (nSPS) is 15.9. The number of carbonyl (C=O) groups is 1. The lowest BCUT2D eigenvalue weighted by molar-refractivity contribution is -0.140. The van der Waals surface area contributed by atoms with Gasteiger partial charge < -0.3 is 47.2 Å². The van der Waals surface area contributed by atoms with E-state index in [-0.39, 0.29) is 92.9 Å². The van der Waals surface area contributed by atoms with Crippen LogP contribution < -0.4 is 14.9 Å². The molecule has 0 bridgehead atoms. The molecule has 1 aromatic heterocycles. The monoisotopic (exact) mass is 1880 g/mol. The maximum atomic E-state index is 14.1. The van der Waals surface area contributed by atoms with Gasteiger partial charge >= 0.3 is 45.6 Å². The van der Waals surface area contributed by atoms with Gasteiger partial charge in [-0.25, -0.2) is 13.2 Å². The van der Waals surface area contributed by atoms with E-state index in [4.69, 9.17) is 42.5 Å². The molecule has 0 unspecified atom stereocenters. The number of phenolic OH excluding ortho intramolecular Hbond substituents is 1. The maximum Gasteiger partial charge on any atom is 0.494 e. The molecule has 9 aromatic carbocycles. The lowest BCUT2D eigenvalue weighted by atomic mass is 9.49. The summed E-state index contributed by atoms with van der Waals surface area (Å²) < 4.78 is 216. The Hall–Kier alpha value is -7.97. The van der Waals surface area contributed by atoms with E-state index in [1.807, 2.05) is 150 Å². The van der Waals surface area contributed by atoms with Crippen molar-refractivity contribution in [1.29, 1.82) is 0 Å². The Morgan fingerprint density at radius 1 is 0.402 bits per heavy atom. The van der Waals surface area contributed by atoms with Crippen molar-refractivity contribution in [3.05, 3.63) is 288 Å². The number of carbonyl (C=O) groups excluding carboxylic acids is 1. The first kappa shape index (κ1) is 94.5. The van der Waals surface area contributed by atoms with Crippen molar-refractivity contribution in [2.24, 2.45) is 0 Å². The van der Waals surface area contributed by atoms with Gasteiger partial charge in [0.15, 0.2) is 0 Å². The lowest BCUT2D eigenvalue weighted by Gasteiger charge is -2.32. The summed E-state index contributed by atoms with van der Waals surface area (Å²) >= 11 is 13.3. The molecule has 4 heterocycles. The number of benzene rings is 9. The molecule has 117 heavy (non-hydrogen) atoms. The Bertz CT molecular complexity index is 4900. The number of halogens is 16. The Labute approximate surface area is 707 Å². The smallest absolute Gasteiger partial charge is 0.494 e. The van der Waals surface area contributed by atoms with E-state index in [9.17, 15) is 57.5 Å². The van der Waals surface area contributed by atoms with Gasteiger partial charge in [-0.3, -0.25) is 9.78 Å². The fourth-order valence-electron chi connectivity index (χ4n) is 11.2. The molecule has 0 atom stereocenters. The highest BCUT2D eigenvalue weighted by Gasteiger charge is 2.64. The molecule has 0 radical (unpaired) electrons. The Kier molecular flexibility index (Phi) is 31.9. The molecular weight excluding hydrogens is 1800 g/mol. The van der Waals surface area contributed by atoms with Gasteiger partial charge in [0.1, 0.15) is 47.9 Å². The van der Waals surface area contributed by atoms with Crippen molar-refractivity contribution in [2.45, 2.75) is 160 Å². The summed E-state index contributed by atoms with van der Waals surface area (Å²) in [5.74, 6) is -2.82. The first-order chi connectivity index (χ1) is 54.5. The molecule has 0 amide bonds. The molecular formula is C86H84B3Br4F12NO11. The number of aromatic hydroxyl groups is 1. The average molecular weight is 1890 g/mol. The molecule has 0 aliphatic carbocycles. The first-order valence-corrected chi connectivity index (χ1v) is 39.7. The number of nitrogens with zero attached hydrogens (tertiary/aromatic N) is 1. The number of hydrogen-bond acceptors (Lipinski definition) is 12. The number of aromatic nitrogens is 1. The Morgan fingerprint density at radius 2 is 0.735 bits per heavy atom. The van der Waals surface area contributed by atoms with Crippen molar-refractivity contribution in [2.75, 3.05) is 7.11 Å². The molecule has 3 saturated heterocycles. The van der Waals surface area contributed by atoms with Gasteiger partial charge in [0, 0.05) is 47.8 Å². The average Bonchev–Trinajstić information content (AvgIpc) is 1.58. The van der Waals surface area contributed by atoms with Crippen LogP contribution in [0.25, 0.3) is 33.4 Å². The maximum absolute atomic E-state index is 14.1. The number of rotatable bonds is 14. The molecule has 3 fully saturated rings. The molecule has 3 aliphatic rings. The van der Waals surface area contributed by atoms with E-state index in [1.165, 1.54) is 91.5 Å². The van der Waals surface area contributed by atoms with Crippen LogP contribution in [0.2, 0.25) is 0 Å². The third kappa shape index (κ3) is 25.8. The Morgan fingerprint density at radius 3 is 1.08 bits per heavy atom. The molecule has 3 aliphatic heterocycles. The number of phenols is 1. The van der Waals surface area contributed by atoms with Gasteiger partial charge in [-0.2, -0.15) is 39.5 Å². The van der Waals surface area contributed by atoms with Crippen LogP contribution in [0.4, 0.5) is 52.7 Å². The van der Waals surface area contributed by atoms with Crippen LogP contribution in [0, 0.1) is 17.5 Å². The molecule has 10 aromatic rings. The summed E-state index contributed by atoms with van der Waals surface area (Å²) in [6, 6.07) is 50.5. The fourth-order valence-corrected chi connectivity index (χ4v) is 12.5. The van der Waals surface area contributed by atoms with Crippen LogP contribution in [0.15, 0.2) is 232 Å². The molecule has 12 nitrogen and oxygen atoms in total. The second kappa shape index (κ2) is 39.5. The van der Waals surface area contributed by atoms with Crippen molar-refractivity contribution >= 4 is 96.3 Å². The van der Waals surface area contributed by atoms with Crippen molar-refractivity contribution in [3.8, 4) is 50.6 Å². The minimum Gasteiger partial charge on any atom is -0.508 e. The molecule has 31 heteroatoms. The van der Waals surface area contributed by atoms with Crippen LogP contribution in [-0.2, 0) is 81.0 Å².